The summed E-state index contributed by atoms with van der Waals surface area (Å²) in [6.07, 6.45) is 3.68. The lowest BCUT2D eigenvalue weighted by molar-refractivity contribution is -0.130. The number of nitrogens with one attached hydrogen (secondary N) is 1. The van der Waals surface area contributed by atoms with Gasteiger partial charge in [-0.2, -0.15) is 0 Å². The van der Waals surface area contributed by atoms with Crippen LogP contribution in [0.15, 0.2) is 48.5 Å². The Morgan fingerprint density at radius 2 is 1.74 bits per heavy atom. The normalized spacial score (nSPS) is 11.5. The molecule has 0 fully saturated rings. The van der Waals surface area contributed by atoms with Gasteiger partial charge in [-0.05, 0) is 36.3 Å². The molecule has 0 spiro atoms. The maximum atomic E-state index is 12.6. The van der Waals surface area contributed by atoms with Gasteiger partial charge in [-0.1, -0.05) is 31.2 Å². The molecule has 0 aliphatic heterocycles. The van der Waals surface area contributed by atoms with Crippen LogP contribution in [0.1, 0.15) is 30.5 Å². The molecule has 9 nitrogen and oxygen atoms in total. The summed E-state index contributed by atoms with van der Waals surface area (Å²) in [4.78, 5) is 36.9. The summed E-state index contributed by atoms with van der Waals surface area (Å²) in [5.74, 6) is 0.289. The predicted molar refractivity (Wildman–Crippen MR) is 129 cm³/mol. The standard InChI is InChI=1S/C25H31N3O6/c1-5-19(18-8-6-7-9-20(18)34-16-25(31)28(2)3)27-24(30)13-11-17-10-12-21(22(14-17)32-4)33-15-23(26)29/h6-14,19H,5,15-16H2,1-4H3,(H2,26,29)(H,27,30). The topological polar surface area (TPSA) is 120 Å². The highest BCUT2D eigenvalue weighted by Gasteiger charge is 2.17. The summed E-state index contributed by atoms with van der Waals surface area (Å²) < 4.78 is 16.3. The molecule has 9 heteroatoms. The molecule has 1 unspecified atom stereocenters. The molecule has 0 saturated carbocycles. The van der Waals surface area contributed by atoms with Crippen molar-refractivity contribution >= 4 is 23.8 Å². The van der Waals surface area contributed by atoms with Crippen molar-refractivity contribution in [3.05, 3.63) is 59.7 Å². The minimum absolute atomic E-state index is 0.0880. The van der Waals surface area contributed by atoms with E-state index in [-0.39, 0.29) is 31.1 Å². The molecule has 2 aromatic rings. The van der Waals surface area contributed by atoms with Crippen molar-refractivity contribution in [2.45, 2.75) is 19.4 Å². The van der Waals surface area contributed by atoms with Crippen molar-refractivity contribution in [2.24, 2.45) is 5.73 Å². The Morgan fingerprint density at radius 1 is 1.03 bits per heavy atom. The first-order chi connectivity index (χ1) is 16.2. The number of primary amides is 1. The van der Waals surface area contributed by atoms with Crippen LogP contribution in [0.4, 0.5) is 0 Å². The smallest absolute Gasteiger partial charge is 0.259 e. The van der Waals surface area contributed by atoms with Crippen molar-refractivity contribution < 1.29 is 28.6 Å². The Morgan fingerprint density at radius 3 is 2.38 bits per heavy atom. The number of nitrogens with two attached hydrogens (primary N) is 1. The van der Waals surface area contributed by atoms with Crippen LogP contribution in [0.5, 0.6) is 17.2 Å². The Kier molecular flexibility index (Phi) is 9.94. The van der Waals surface area contributed by atoms with Crippen molar-refractivity contribution in [2.75, 3.05) is 34.4 Å². The van der Waals surface area contributed by atoms with E-state index in [0.29, 0.717) is 29.2 Å². The van der Waals surface area contributed by atoms with Gasteiger partial charge < -0.3 is 30.2 Å². The second kappa shape index (κ2) is 12.9. The Hall–Kier alpha value is -4.01. The van der Waals surface area contributed by atoms with Gasteiger partial charge in [0.25, 0.3) is 11.8 Å². The van der Waals surface area contributed by atoms with E-state index in [9.17, 15) is 14.4 Å². The number of carbonyl (C=O) groups excluding carboxylic acids is 3. The summed E-state index contributed by atoms with van der Waals surface area (Å²) in [6.45, 7) is 1.60. The molecule has 1 atom stereocenters. The number of amides is 3. The third-order valence-corrected chi connectivity index (χ3v) is 4.85. The third-order valence-electron chi connectivity index (χ3n) is 4.85. The quantitative estimate of drug-likeness (QED) is 0.460. The summed E-state index contributed by atoms with van der Waals surface area (Å²) in [6, 6.07) is 12.1. The molecule has 2 aromatic carbocycles. The van der Waals surface area contributed by atoms with Crippen LogP contribution in [-0.4, -0.2) is 57.0 Å². The number of carbonyl (C=O) groups is 3. The largest absolute Gasteiger partial charge is 0.493 e. The van der Waals surface area contributed by atoms with Gasteiger partial charge in [-0.25, -0.2) is 0 Å². The highest BCUT2D eigenvalue weighted by Crippen LogP contribution is 2.29. The van der Waals surface area contributed by atoms with Gasteiger partial charge >= 0.3 is 0 Å². The lowest BCUT2D eigenvalue weighted by atomic mass is 10.0. The SMILES string of the molecule is CCC(NC(=O)C=Cc1ccc(OCC(N)=O)c(OC)c1)c1ccccc1OCC(=O)N(C)C. The van der Waals surface area contributed by atoms with E-state index in [1.807, 2.05) is 25.1 Å². The first-order valence-electron chi connectivity index (χ1n) is 10.7. The molecule has 0 aliphatic carbocycles. The number of hydrogen-bond donors (Lipinski definition) is 2. The van der Waals surface area contributed by atoms with Gasteiger partial charge in [0, 0.05) is 25.7 Å². The zero-order valence-electron chi connectivity index (χ0n) is 19.9. The van der Waals surface area contributed by atoms with E-state index in [0.717, 1.165) is 5.56 Å². The second-order valence-electron chi connectivity index (χ2n) is 7.58. The fourth-order valence-corrected chi connectivity index (χ4v) is 3.02. The van der Waals surface area contributed by atoms with Gasteiger partial charge in [-0.3, -0.25) is 14.4 Å². The van der Waals surface area contributed by atoms with Crippen molar-refractivity contribution in [3.63, 3.8) is 0 Å². The van der Waals surface area contributed by atoms with Crippen LogP contribution in [0.2, 0.25) is 0 Å². The van der Waals surface area contributed by atoms with Crippen molar-refractivity contribution in [3.8, 4) is 17.2 Å². The average Bonchev–Trinajstić information content (AvgIpc) is 2.83. The summed E-state index contributed by atoms with van der Waals surface area (Å²) in [5.41, 5.74) is 6.60. The summed E-state index contributed by atoms with van der Waals surface area (Å²) in [7, 11) is 4.80. The molecular formula is C25H31N3O6. The molecule has 0 bridgehead atoms. The van der Waals surface area contributed by atoms with Gasteiger partial charge in [0.05, 0.1) is 13.2 Å². The number of likely N-dealkylation sites (N-methyl/N-ethyl adjacent to an activating group) is 1. The molecule has 0 aromatic heterocycles. The zero-order chi connectivity index (χ0) is 25.1. The molecule has 2 rings (SSSR count). The fourth-order valence-electron chi connectivity index (χ4n) is 3.02. The number of para-hydroxylation sites is 1. The van der Waals surface area contributed by atoms with E-state index in [2.05, 4.69) is 5.32 Å². The lowest BCUT2D eigenvalue weighted by Gasteiger charge is -2.20. The molecule has 0 heterocycles. The summed E-state index contributed by atoms with van der Waals surface area (Å²) >= 11 is 0. The highest BCUT2D eigenvalue weighted by atomic mass is 16.5. The summed E-state index contributed by atoms with van der Waals surface area (Å²) in [5, 5.41) is 2.97. The third kappa shape index (κ3) is 7.84. The minimum atomic E-state index is -0.593. The van der Waals surface area contributed by atoms with Crippen molar-refractivity contribution in [1.82, 2.24) is 10.2 Å². The number of hydrogen-bond acceptors (Lipinski definition) is 6. The molecule has 0 radical (unpaired) electrons. The van der Waals surface area contributed by atoms with Crippen LogP contribution in [-0.2, 0) is 14.4 Å². The maximum absolute atomic E-state index is 12.6. The zero-order valence-corrected chi connectivity index (χ0v) is 19.9. The van der Waals surface area contributed by atoms with Crippen LogP contribution in [0.25, 0.3) is 6.08 Å². The molecule has 3 N–H and O–H groups in total. The monoisotopic (exact) mass is 469 g/mol. The number of rotatable bonds is 12. The Balaban J connectivity index is 2.09. The van der Waals surface area contributed by atoms with Crippen molar-refractivity contribution in [1.29, 1.82) is 0 Å². The van der Waals surface area contributed by atoms with Crippen LogP contribution >= 0.6 is 0 Å². The van der Waals surface area contributed by atoms with E-state index >= 15 is 0 Å². The van der Waals surface area contributed by atoms with Crippen LogP contribution in [0, 0.1) is 0 Å². The van der Waals surface area contributed by atoms with E-state index in [4.69, 9.17) is 19.9 Å². The Labute approximate surface area is 199 Å². The number of benzene rings is 2. The number of nitrogens with zero attached hydrogens (tertiary/aromatic N) is 1. The first kappa shape index (κ1) is 26.2. The van der Waals surface area contributed by atoms with E-state index < -0.39 is 5.91 Å². The first-order valence-corrected chi connectivity index (χ1v) is 10.7. The minimum Gasteiger partial charge on any atom is -0.493 e. The van der Waals surface area contributed by atoms with E-state index in [1.54, 1.807) is 44.4 Å². The molecule has 0 aliphatic rings. The molecule has 182 valence electrons. The maximum Gasteiger partial charge on any atom is 0.259 e. The molecule has 34 heavy (non-hydrogen) atoms. The fraction of sp³-hybridized carbons (Fsp3) is 0.320. The van der Waals surface area contributed by atoms with Gasteiger partial charge in [0.15, 0.2) is 24.7 Å². The molecule has 0 saturated heterocycles. The van der Waals surface area contributed by atoms with Gasteiger partial charge in [0.1, 0.15) is 5.75 Å². The Bertz CT molecular complexity index is 1040. The van der Waals surface area contributed by atoms with Gasteiger partial charge in [-0.15, -0.1) is 0 Å². The van der Waals surface area contributed by atoms with Gasteiger partial charge in [0.2, 0.25) is 5.91 Å². The van der Waals surface area contributed by atoms with Crippen LogP contribution < -0.4 is 25.3 Å². The number of ether oxygens (including phenoxy) is 3. The highest BCUT2D eigenvalue weighted by molar-refractivity contribution is 5.92. The second-order valence-corrected chi connectivity index (χ2v) is 7.58. The lowest BCUT2D eigenvalue weighted by Crippen LogP contribution is -2.29. The van der Waals surface area contributed by atoms with Crippen LogP contribution in [0.3, 0.4) is 0 Å². The number of methoxy groups -OCH3 is 1. The predicted octanol–water partition coefficient (Wildman–Crippen LogP) is 2.31. The van der Waals surface area contributed by atoms with E-state index in [1.165, 1.54) is 18.1 Å². The molecule has 3 amide bonds. The average molecular weight is 470 g/mol. The molecular weight excluding hydrogens is 438 g/mol.